The van der Waals surface area contributed by atoms with Crippen molar-refractivity contribution < 1.29 is 0 Å². The Bertz CT molecular complexity index is 632. The van der Waals surface area contributed by atoms with Crippen LogP contribution in [0.2, 0.25) is 0 Å². The fourth-order valence-electron chi connectivity index (χ4n) is 3.72. The maximum Gasteiger partial charge on any atom is 0.161 e. The summed E-state index contributed by atoms with van der Waals surface area (Å²) in [7, 11) is 0. The Balaban J connectivity index is 1.85. The average molecular weight is 302 g/mol. The van der Waals surface area contributed by atoms with Crippen LogP contribution in [0.3, 0.4) is 0 Å². The van der Waals surface area contributed by atoms with Gasteiger partial charge in [-0.15, -0.1) is 0 Å². The van der Waals surface area contributed by atoms with Crippen LogP contribution in [0.1, 0.15) is 49.8 Å². The van der Waals surface area contributed by atoms with E-state index in [1.54, 1.807) is 0 Å². The minimum absolute atomic E-state index is 0.450. The van der Waals surface area contributed by atoms with Crippen LogP contribution in [0, 0.1) is 0 Å². The summed E-state index contributed by atoms with van der Waals surface area (Å²) in [6, 6.07) is 4.10. The van der Waals surface area contributed by atoms with E-state index in [9.17, 15) is 0 Å². The minimum Gasteiger partial charge on any atom is -0.295 e. The van der Waals surface area contributed by atoms with Gasteiger partial charge in [0.15, 0.2) is 5.65 Å². The van der Waals surface area contributed by atoms with E-state index in [2.05, 4.69) is 39.2 Å². The Morgan fingerprint density at radius 3 is 3.10 bits per heavy atom. The number of thioether (sulfide) groups is 1. The first-order valence-corrected chi connectivity index (χ1v) is 9.12. The molecule has 2 atom stereocenters. The monoisotopic (exact) mass is 302 g/mol. The summed E-state index contributed by atoms with van der Waals surface area (Å²) in [5.74, 6) is 2.53. The highest BCUT2D eigenvalue weighted by molar-refractivity contribution is 7.99. The molecule has 0 aromatic carbocycles. The lowest BCUT2D eigenvalue weighted by Crippen LogP contribution is -2.28. The van der Waals surface area contributed by atoms with Gasteiger partial charge in [-0.2, -0.15) is 11.8 Å². The number of pyridine rings is 1. The van der Waals surface area contributed by atoms with Gasteiger partial charge in [-0.1, -0.05) is 6.92 Å². The minimum atomic E-state index is 0.450. The molecule has 2 unspecified atom stereocenters. The van der Waals surface area contributed by atoms with Gasteiger partial charge in [0.25, 0.3) is 0 Å². The van der Waals surface area contributed by atoms with Crippen molar-refractivity contribution in [1.82, 2.24) is 19.4 Å². The molecule has 2 aromatic heterocycles. The Morgan fingerprint density at radius 2 is 2.29 bits per heavy atom. The number of imidazole rings is 1. The Kier molecular flexibility index (Phi) is 3.63. The molecule has 0 radical (unpaired) electrons. The van der Waals surface area contributed by atoms with Gasteiger partial charge in [0, 0.05) is 12.7 Å². The van der Waals surface area contributed by atoms with Crippen LogP contribution < -0.4 is 0 Å². The van der Waals surface area contributed by atoms with E-state index in [-0.39, 0.29) is 0 Å². The van der Waals surface area contributed by atoms with Crippen LogP contribution in [0.4, 0.5) is 0 Å². The van der Waals surface area contributed by atoms with Gasteiger partial charge < -0.3 is 0 Å². The van der Waals surface area contributed by atoms with Crippen molar-refractivity contribution in [3.05, 3.63) is 24.2 Å². The molecule has 112 valence electrons. The van der Waals surface area contributed by atoms with E-state index in [0.29, 0.717) is 11.4 Å². The molecule has 2 fully saturated rings. The number of aromatic nitrogens is 3. The molecule has 2 aliphatic heterocycles. The molecule has 0 N–H and O–H groups in total. The third-order valence-corrected chi connectivity index (χ3v) is 6.10. The zero-order chi connectivity index (χ0) is 14.2. The SMILES string of the molecule is CCN1CCCC1n1c(C2CCCS2)nc2cccnc21. The van der Waals surface area contributed by atoms with Crippen molar-refractivity contribution in [3.8, 4) is 0 Å². The average Bonchev–Trinajstić information content (AvgIpc) is 3.24. The lowest BCUT2D eigenvalue weighted by Gasteiger charge is -2.27. The van der Waals surface area contributed by atoms with E-state index >= 15 is 0 Å². The van der Waals surface area contributed by atoms with Crippen LogP contribution in [0.25, 0.3) is 11.2 Å². The largest absolute Gasteiger partial charge is 0.295 e. The smallest absolute Gasteiger partial charge is 0.161 e. The van der Waals surface area contributed by atoms with Gasteiger partial charge in [0.1, 0.15) is 11.3 Å². The van der Waals surface area contributed by atoms with Gasteiger partial charge in [0.05, 0.1) is 11.4 Å². The second-order valence-corrected chi connectivity index (χ2v) is 7.25. The van der Waals surface area contributed by atoms with Crippen molar-refractivity contribution in [3.63, 3.8) is 0 Å². The Morgan fingerprint density at radius 1 is 1.33 bits per heavy atom. The highest BCUT2D eigenvalue weighted by Gasteiger charge is 2.32. The molecule has 2 aromatic rings. The van der Waals surface area contributed by atoms with Crippen molar-refractivity contribution in [2.75, 3.05) is 18.8 Å². The fourth-order valence-corrected chi connectivity index (χ4v) is 4.99. The van der Waals surface area contributed by atoms with E-state index in [0.717, 1.165) is 17.7 Å². The molecule has 2 saturated heterocycles. The molecule has 5 heteroatoms. The van der Waals surface area contributed by atoms with Crippen molar-refractivity contribution in [2.45, 2.75) is 44.0 Å². The maximum atomic E-state index is 4.96. The maximum absolute atomic E-state index is 4.96. The number of likely N-dealkylation sites (tertiary alicyclic amines) is 1. The van der Waals surface area contributed by atoms with E-state index < -0.39 is 0 Å². The van der Waals surface area contributed by atoms with Gasteiger partial charge >= 0.3 is 0 Å². The quantitative estimate of drug-likeness (QED) is 0.867. The summed E-state index contributed by atoms with van der Waals surface area (Å²) in [6.45, 7) is 4.56. The Labute approximate surface area is 129 Å². The van der Waals surface area contributed by atoms with Gasteiger partial charge in [-0.05, 0) is 50.1 Å². The highest BCUT2D eigenvalue weighted by Crippen LogP contribution is 2.42. The zero-order valence-corrected chi connectivity index (χ0v) is 13.4. The molecule has 4 rings (SSSR count). The number of hydrogen-bond donors (Lipinski definition) is 0. The predicted molar refractivity (Wildman–Crippen MR) is 87.5 cm³/mol. The van der Waals surface area contributed by atoms with Crippen LogP contribution in [-0.4, -0.2) is 38.3 Å². The topological polar surface area (TPSA) is 34.0 Å². The lowest BCUT2D eigenvalue weighted by atomic mass is 10.2. The first-order chi connectivity index (χ1) is 10.4. The number of fused-ring (bicyclic) bond motifs is 1. The van der Waals surface area contributed by atoms with Gasteiger partial charge in [0.2, 0.25) is 0 Å². The van der Waals surface area contributed by atoms with Crippen LogP contribution in [0.5, 0.6) is 0 Å². The second kappa shape index (κ2) is 5.61. The van der Waals surface area contributed by atoms with E-state index in [1.165, 1.54) is 43.8 Å². The fraction of sp³-hybridized carbons (Fsp3) is 0.625. The summed E-state index contributed by atoms with van der Waals surface area (Å²) >= 11 is 2.06. The molecule has 0 amide bonds. The summed E-state index contributed by atoms with van der Waals surface area (Å²) in [4.78, 5) is 12.2. The summed E-state index contributed by atoms with van der Waals surface area (Å²) in [5, 5.41) is 0.554. The van der Waals surface area contributed by atoms with Crippen molar-refractivity contribution in [1.29, 1.82) is 0 Å². The molecular weight excluding hydrogens is 280 g/mol. The summed E-state index contributed by atoms with van der Waals surface area (Å²) < 4.78 is 2.45. The van der Waals surface area contributed by atoms with E-state index in [1.807, 2.05) is 12.3 Å². The third-order valence-electron chi connectivity index (χ3n) is 4.73. The van der Waals surface area contributed by atoms with Crippen LogP contribution in [-0.2, 0) is 0 Å². The van der Waals surface area contributed by atoms with Crippen molar-refractivity contribution in [2.24, 2.45) is 0 Å². The van der Waals surface area contributed by atoms with Crippen molar-refractivity contribution >= 4 is 22.9 Å². The first kappa shape index (κ1) is 13.6. The molecule has 21 heavy (non-hydrogen) atoms. The lowest BCUT2D eigenvalue weighted by molar-refractivity contribution is 0.203. The predicted octanol–water partition coefficient (Wildman–Crippen LogP) is 3.61. The third kappa shape index (κ3) is 2.27. The van der Waals surface area contributed by atoms with Gasteiger partial charge in [-0.25, -0.2) is 9.97 Å². The van der Waals surface area contributed by atoms with Crippen LogP contribution >= 0.6 is 11.8 Å². The molecule has 2 aliphatic rings. The second-order valence-electron chi connectivity index (χ2n) is 5.94. The molecule has 0 aliphatic carbocycles. The Hall–Kier alpha value is -1.07. The van der Waals surface area contributed by atoms with Crippen LogP contribution in [0.15, 0.2) is 18.3 Å². The molecule has 0 bridgehead atoms. The highest BCUT2D eigenvalue weighted by atomic mass is 32.2. The number of rotatable bonds is 3. The van der Waals surface area contributed by atoms with Gasteiger partial charge in [-0.3, -0.25) is 9.47 Å². The normalized spacial score (nSPS) is 26.9. The first-order valence-electron chi connectivity index (χ1n) is 8.07. The van der Waals surface area contributed by atoms with E-state index in [4.69, 9.17) is 4.98 Å². The number of hydrogen-bond acceptors (Lipinski definition) is 4. The molecule has 0 spiro atoms. The summed E-state index contributed by atoms with van der Waals surface area (Å²) in [6.07, 6.45) is 7.42. The molecule has 0 saturated carbocycles. The molecular formula is C16H22N4S. The summed E-state index contributed by atoms with van der Waals surface area (Å²) in [5.41, 5.74) is 2.13. The zero-order valence-electron chi connectivity index (χ0n) is 12.5. The standard InChI is InChI=1S/C16H22N4S/c1-2-19-10-4-8-14(19)20-15-12(6-3-9-17-15)18-16(20)13-7-5-11-21-13/h3,6,9,13-14H,2,4-5,7-8,10-11H2,1H3. The number of nitrogens with zero attached hydrogens (tertiary/aromatic N) is 4. The molecule has 4 heterocycles. The molecule has 4 nitrogen and oxygen atoms in total.